The number of ether oxygens (including phenoxy) is 2. The van der Waals surface area contributed by atoms with Gasteiger partial charge in [0, 0.05) is 12.4 Å². The van der Waals surface area contributed by atoms with Gasteiger partial charge in [0.15, 0.2) is 0 Å². The zero-order valence-corrected chi connectivity index (χ0v) is 16.7. The number of aromatic nitrogens is 1. The Morgan fingerprint density at radius 1 is 0.964 bits per heavy atom. The number of carbonyl (C=O) groups is 1. The van der Waals surface area contributed by atoms with Crippen molar-refractivity contribution in [2.45, 2.75) is 38.5 Å². The van der Waals surface area contributed by atoms with E-state index in [1.165, 1.54) is 5.56 Å². The molecule has 0 aliphatic heterocycles. The SMILES string of the molecule is COc1ccc2cc([C@@H](C)C(=O)OCCCC(C)c3ccncc3)ccc2c1. The number of benzene rings is 2. The summed E-state index contributed by atoms with van der Waals surface area (Å²) >= 11 is 0. The Morgan fingerprint density at radius 2 is 1.68 bits per heavy atom. The van der Waals surface area contributed by atoms with Crippen molar-refractivity contribution < 1.29 is 14.3 Å². The minimum absolute atomic E-state index is 0.176. The van der Waals surface area contributed by atoms with Crippen molar-refractivity contribution in [3.63, 3.8) is 0 Å². The van der Waals surface area contributed by atoms with E-state index in [-0.39, 0.29) is 11.9 Å². The first-order chi connectivity index (χ1) is 13.6. The van der Waals surface area contributed by atoms with E-state index in [0.717, 1.165) is 34.9 Å². The van der Waals surface area contributed by atoms with Gasteiger partial charge in [0.25, 0.3) is 0 Å². The molecule has 0 fully saturated rings. The molecule has 0 bridgehead atoms. The molecule has 2 aromatic carbocycles. The molecule has 1 heterocycles. The summed E-state index contributed by atoms with van der Waals surface area (Å²) in [7, 11) is 1.66. The van der Waals surface area contributed by atoms with Crippen LogP contribution in [0.5, 0.6) is 5.75 Å². The van der Waals surface area contributed by atoms with Gasteiger partial charge >= 0.3 is 5.97 Å². The van der Waals surface area contributed by atoms with Crippen LogP contribution in [0.1, 0.15) is 49.7 Å². The van der Waals surface area contributed by atoms with Crippen LogP contribution in [-0.4, -0.2) is 24.7 Å². The van der Waals surface area contributed by atoms with Crippen molar-refractivity contribution >= 4 is 16.7 Å². The lowest BCUT2D eigenvalue weighted by Crippen LogP contribution is -2.14. The lowest BCUT2D eigenvalue weighted by molar-refractivity contribution is -0.145. The Morgan fingerprint density at radius 3 is 2.43 bits per heavy atom. The fourth-order valence-electron chi connectivity index (χ4n) is 3.32. The predicted octanol–water partition coefficient (Wildman–Crippen LogP) is 5.47. The highest BCUT2D eigenvalue weighted by atomic mass is 16.5. The zero-order chi connectivity index (χ0) is 19.9. The molecule has 0 radical (unpaired) electrons. The van der Waals surface area contributed by atoms with Crippen LogP contribution >= 0.6 is 0 Å². The molecule has 3 aromatic rings. The highest BCUT2D eigenvalue weighted by Crippen LogP contribution is 2.26. The molecule has 4 heteroatoms. The Kier molecular flexibility index (Phi) is 6.64. The van der Waals surface area contributed by atoms with Gasteiger partial charge in [-0.25, -0.2) is 0 Å². The molecule has 0 N–H and O–H groups in total. The fraction of sp³-hybridized carbons (Fsp3) is 0.333. The molecule has 2 atom stereocenters. The summed E-state index contributed by atoms with van der Waals surface area (Å²) < 4.78 is 10.8. The quantitative estimate of drug-likeness (QED) is 0.385. The normalized spacial score (nSPS) is 13.1. The van der Waals surface area contributed by atoms with E-state index in [0.29, 0.717) is 12.5 Å². The van der Waals surface area contributed by atoms with Crippen molar-refractivity contribution in [1.29, 1.82) is 0 Å². The number of pyridine rings is 1. The molecule has 1 unspecified atom stereocenters. The molecular formula is C24H27NO3. The van der Waals surface area contributed by atoms with Crippen molar-refractivity contribution in [3.05, 3.63) is 72.1 Å². The summed E-state index contributed by atoms with van der Waals surface area (Å²) in [5.74, 6) is 0.791. The van der Waals surface area contributed by atoms with Gasteiger partial charge in [-0.15, -0.1) is 0 Å². The topological polar surface area (TPSA) is 48.4 Å². The average Bonchev–Trinajstić information content (AvgIpc) is 2.75. The predicted molar refractivity (Wildman–Crippen MR) is 112 cm³/mol. The second-order valence-corrected chi connectivity index (χ2v) is 7.19. The number of rotatable bonds is 8. The van der Waals surface area contributed by atoms with E-state index in [1.54, 1.807) is 7.11 Å². The monoisotopic (exact) mass is 377 g/mol. The van der Waals surface area contributed by atoms with Gasteiger partial charge in [0.2, 0.25) is 0 Å². The molecule has 0 spiro atoms. The first-order valence-electron chi connectivity index (χ1n) is 9.72. The maximum absolute atomic E-state index is 12.4. The third kappa shape index (κ3) is 4.89. The molecule has 4 nitrogen and oxygen atoms in total. The Labute approximate surface area is 166 Å². The number of esters is 1. The second kappa shape index (κ2) is 9.36. The Balaban J connectivity index is 1.52. The first-order valence-corrected chi connectivity index (χ1v) is 9.72. The van der Waals surface area contributed by atoms with E-state index >= 15 is 0 Å². The van der Waals surface area contributed by atoms with E-state index in [2.05, 4.69) is 11.9 Å². The van der Waals surface area contributed by atoms with Crippen molar-refractivity contribution in [2.24, 2.45) is 0 Å². The Bertz CT molecular complexity index is 924. The maximum Gasteiger partial charge on any atom is 0.313 e. The summed E-state index contributed by atoms with van der Waals surface area (Å²) in [4.78, 5) is 16.5. The third-order valence-electron chi connectivity index (χ3n) is 5.23. The maximum atomic E-state index is 12.4. The minimum atomic E-state index is -0.288. The molecule has 0 amide bonds. The van der Waals surface area contributed by atoms with E-state index < -0.39 is 0 Å². The van der Waals surface area contributed by atoms with Crippen molar-refractivity contribution in [3.8, 4) is 5.75 Å². The largest absolute Gasteiger partial charge is 0.497 e. The molecule has 0 aliphatic carbocycles. The summed E-state index contributed by atoms with van der Waals surface area (Å²) in [6.07, 6.45) is 5.45. The zero-order valence-electron chi connectivity index (χ0n) is 16.7. The highest BCUT2D eigenvalue weighted by molar-refractivity contribution is 5.86. The minimum Gasteiger partial charge on any atom is -0.497 e. The summed E-state index contributed by atoms with van der Waals surface area (Å²) in [6, 6.07) is 16.1. The summed E-state index contributed by atoms with van der Waals surface area (Å²) in [5, 5.41) is 2.18. The molecule has 0 saturated heterocycles. The molecule has 1 aromatic heterocycles. The van der Waals surface area contributed by atoms with Gasteiger partial charge in [0.05, 0.1) is 19.6 Å². The van der Waals surface area contributed by atoms with Gasteiger partial charge in [0.1, 0.15) is 5.75 Å². The molecule has 28 heavy (non-hydrogen) atoms. The van der Waals surface area contributed by atoms with Crippen molar-refractivity contribution in [2.75, 3.05) is 13.7 Å². The molecule has 0 saturated carbocycles. The van der Waals surface area contributed by atoms with E-state index in [9.17, 15) is 4.79 Å². The lowest BCUT2D eigenvalue weighted by Gasteiger charge is -2.14. The standard InChI is InChI=1S/C24H27NO3/c1-17(19-10-12-25-13-11-19)5-4-14-28-24(26)18(2)20-6-7-22-16-23(27-3)9-8-21(22)15-20/h6-13,15-18H,4-5,14H2,1-3H3/t17?,18-/m1/s1. The van der Waals surface area contributed by atoms with Gasteiger partial charge in [-0.05, 0) is 71.8 Å². The number of methoxy groups -OCH3 is 1. The van der Waals surface area contributed by atoms with Crippen LogP contribution in [0.2, 0.25) is 0 Å². The number of nitrogens with zero attached hydrogens (tertiary/aromatic N) is 1. The number of hydrogen-bond donors (Lipinski definition) is 0. The van der Waals surface area contributed by atoms with E-state index in [1.807, 2.05) is 67.8 Å². The molecule has 3 rings (SSSR count). The molecule has 146 valence electrons. The number of hydrogen-bond acceptors (Lipinski definition) is 4. The van der Waals surface area contributed by atoms with Gasteiger partial charge in [-0.3, -0.25) is 9.78 Å². The number of fused-ring (bicyclic) bond motifs is 1. The molecular weight excluding hydrogens is 350 g/mol. The van der Waals surface area contributed by atoms with Crippen LogP contribution in [0.3, 0.4) is 0 Å². The van der Waals surface area contributed by atoms with Crippen LogP contribution in [0.4, 0.5) is 0 Å². The first kappa shape index (κ1) is 19.9. The molecule has 0 aliphatic rings. The van der Waals surface area contributed by atoms with Crippen LogP contribution in [0.25, 0.3) is 10.8 Å². The van der Waals surface area contributed by atoms with Crippen LogP contribution in [-0.2, 0) is 9.53 Å². The summed E-state index contributed by atoms with van der Waals surface area (Å²) in [6.45, 7) is 4.53. The second-order valence-electron chi connectivity index (χ2n) is 7.19. The lowest BCUT2D eigenvalue weighted by atomic mass is 9.97. The van der Waals surface area contributed by atoms with Crippen LogP contribution < -0.4 is 4.74 Å². The van der Waals surface area contributed by atoms with Crippen LogP contribution in [0.15, 0.2) is 60.9 Å². The smallest absolute Gasteiger partial charge is 0.313 e. The van der Waals surface area contributed by atoms with Crippen LogP contribution in [0, 0.1) is 0 Å². The summed E-state index contributed by atoms with van der Waals surface area (Å²) in [5.41, 5.74) is 2.23. The van der Waals surface area contributed by atoms with Gasteiger partial charge in [-0.1, -0.05) is 31.2 Å². The Hall–Kier alpha value is -2.88. The van der Waals surface area contributed by atoms with Crippen molar-refractivity contribution in [1.82, 2.24) is 4.98 Å². The highest BCUT2D eigenvalue weighted by Gasteiger charge is 2.17. The van der Waals surface area contributed by atoms with Gasteiger partial charge in [-0.2, -0.15) is 0 Å². The number of carbonyl (C=O) groups excluding carboxylic acids is 1. The fourth-order valence-corrected chi connectivity index (χ4v) is 3.32. The van der Waals surface area contributed by atoms with E-state index in [4.69, 9.17) is 9.47 Å². The van der Waals surface area contributed by atoms with Gasteiger partial charge < -0.3 is 9.47 Å². The average molecular weight is 377 g/mol. The third-order valence-corrected chi connectivity index (χ3v) is 5.23.